The average molecular weight is 308 g/mol. The summed E-state index contributed by atoms with van der Waals surface area (Å²) in [4.78, 5) is 3.74. The molecule has 7 heteroatoms. The van der Waals surface area contributed by atoms with Crippen LogP contribution in [0.1, 0.15) is 11.1 Å². The van der Waals surface area contributed by atoms with Gasteiger partial charge in [-0.15, -0.1) is 0 Å². The SMILES string of the molecule is Cc1ccnc(Cl)c1NS(=O)(=O)c1ccccc1C#N. The minimum Gasteiger partial charge on any atom is -0.276 e. The number of rotatable bonds is 3. The highest BCUT2D eigenvalue weighted by Gasteiger charge is 2.20. The van der Waals surface area contributed by atoms with Crippen LogP contribution in [0.2, 0.25) is 5.15 Å². The number of hydrogen-bond acceptors (Lipinski definition) is 4. The molecule has 0 atom stereocenters. The molecule has 2 rings (SSSR count). The zero-order chi connectivity index (χ0) is 14.8. The zero-order valence-electron chi connectivity index (χ0n) is 10.5. The first kappa shape index (κ1) is 14.3. The van der Waals surface area contributed by atoms with E-state index in [1.807, 2.05) is 6.07 Å². The van der Waals surface area contributed by atoms with E-state index >= 15 is 0 Å². The molecule has 102 valence electrons. The summed E-state index contributed by atoms with van der Waals surface area (Å²) in [5.74, 6) is 0. The summed E-state index contributed by atoms with van der Waals surface area (Å²) in [6, 6.07) is 9.43. The van der Waals surface area contributed by atoms with Crippen LogP contribution >= 0.6 is 11.6 Å². The smallest absolute Gasteiger partial charge is 0.263 e. The first-order chi connectivity index (χ1) is 9.45. The number of hydrogen-bond donors (Lipinski definition) is 1. The van der Waals surface area contributed by atoms with Gasteiger partial charge in [-0.25, -0.2) is 13.4 Å². The van der Waals surface area contributed by atoms with Crippen LogP contribution in [0.3, 0.4) is 0 Å². The Hall–Kier alpha value is -2.10. The Labute approximate surface area is 121 Å². The van der Waals surface area contributed by atoms with Gasteiger partial charge < -0.3 is 0 Å². The van der Waals surface area contributed by atoms with Crippen molar-refractivity contribution in [1.82, 2.24) is 4.98 Å². The van der Waals surface area contributed by atoms with E-state index in [0.717, 1.165) is 0 Å². The van der Waals surface area contributed by atoms with Crippen LogP contribution in [0, 0.1) is 18.3 Å². The number of anilines is 1. The molecule has 0 radical (unpaired) electrons. The number of aromatic nitrogens is 1. The molecular formula is C13H10ClN3O2S. The first-order valence-electron chi connectivity index (χ1n) is 5.59. The average Bonchev–Trinajstić information content (AvgIpc) is 2.43. The lowest BCUT2D eigenvalue weighted by Gasteiger charge is -2.12. The molecule has 0 spiro atoms. The van der Waals surface area contributed by atoms with Gasteiger partial charge in [0.1, 0.15) is 11.0 Å². The highest BCUT2D eigenvalue weighted by atomic mass is 35.5. The molecule has 0 aliphatic carbocycles. The molecule has 20 heavy (non-hydrogen) atoms. The lowest BCUT2D eigenvalue weighted by Crippen LogP contribution is -2.15. The summed E-state index contributed by atoms with van der Waals surface area (Å²) in [5.41, 5.74) is 0.919. The molecule has 1 N–H and O–H groups in total. The van der Waals surface area contributed by atoms with Crippen LogP contribution in [0.25, 0.3) is 0 Å². The summed E-state index contributed by atoms with van der Waals surface area (Å²) in [7, 11) is -3.90. The minimum absolute atomic E-state index is 0.0583. The fraction of sp³-hybridized carbons (Fsp3) is 0.0769. The van der Waals surface area contributed by atoms with Crippen molar-refractivity contribution in [3.63, 3.8) is 0 Å². The van der Waals surface area contributed by atoms with Gasteiger partial charge in [-0.3, -0.25) is 4.72 Å². The number of halogens is 1. The molecular weight excluding hydrogens is 298 g/mol. The zero-order valence-corrected chi connectivity index (χ0v) is 12.0. The molecule has 1 heterocycles. The molecule has 5 nitrogen and oxygen atoms in total. The topological polar surface area (TPSA) is 82.8 Å². The van der Waals surface area contributed by atoms with E-state index in [4.69, 9.17) is 16.9 Å². The largest absolute Gasteiger partial charge is 0.276 e. The Kier molecular flexibility index (Phi) is 3.93. The molecule has 1 aromatic heterocycles. The van der Waals surface area contributed by atoms with E-state index in [2.05, 4.69) is 9.71 Å². The van der Waals surface area contributed by atoms with Gasteiger partial charge in [0, 0.05) is 6.20 Å². The third-order valence-electron chi connectivity index (χ3n) is 2.65. The van der Waals surface area contributed by atoms with E-state index in [9.17, 15) is 8.42 Å². The number of benzene rings is 1. The van der Waals surface area contributed by atoms with Gasteiger partial charge in [-0.1, -0.05) is 23.7 Å². The second-order valence-corrected chi connectivity index (χ2v) is 6.02. The van der Waals surface area contributed by atoms with E-state index in [0.29, 0.717) is 5.56 Å². The normalized spacial score (nSPS) is 10.8. The number of pyridine rings is 1. The molecule has 0 aliphatic rings. The van der Waals surface area contributed by atoms with Gasteiger partial charge in [-0.2, -0.15) is 5.26 Å². The monoisotopic (exact) mass is 307 g/mol. The van der Waals surface area contributed by atoms with Crippen LogP contribution in [0.15, 0.2) is 41.4 Å². The molecule has 0 unspecified atom stereocenters. The van der Waals surface area contributed by atoms with Crippen molar-refractivity contribution in [1.29, 1.82) is 5.26 Å². The summed E-state index contributed by atoms with van der Waals surface area (Å²) in [5, 5.41) is 9.03. The van der Waals surface area contributed by atoms with Crippen molar-refractivity contribution < 1.29 is 8.42 Å². The maximum atomic E-state index is 12.3. The van der Waals surface area contributed by atoms with Crippen molar-refractivity contribution in [2.45, 2.75) is 11.8 Å². The van der Waals surface area contributed by atoms with Gasteiger partial charge >= 0.3 is 0 Å². The molecule has 0 amide bonds. The molecule has 2 aromatic rings. The maximum Gasteiger partial charge on any atom is 0.263 e. The van der Waals surface area contributed by atoms with E-state index in [1.54, 1.807) is 25.1 Å². The molecule has 0 bridgehead atoms. The van der Waals surface area contributed by atoms with Gasteiger partial charge in [0.05, 0.1) is 11.3 Å². The van der Waals surface area contributed by atoms with Crippen molar-refractivity contribution >= 4 is 27.3 Å². The van der Waals surface area contributed by atoms with Crippen LogP contribution in [0.5, 0.6) is 0 Å². The van der Waals surface area contributed by atoms with E-state index in [1.165, 1.54) is 18.3 Å². The maximum absolute atomic E-state index is 12.3. The lowest BCUT2D eigenvalue weighted by atomic mass is 10.2. The van der Waals surface area contributed by atoms with Gasteiger partial charge in [0.15, 0.2) is 5.15 Å². The number of nitriles is 1. The lowest BCUT2D eigenvalue weighted by molar-refractivity contribution is 0.601. The number of nitrogens with zero attached hydrogens (tertiary/aromatic N) is 2. The Morgan fingerprint density at radius 1 is 1.30 bits per heavy atom. The Balaban J connectivity index is 2.50. The minimum atomic E-state index is -3.90. The second-order valence-electron chi connectivity index (χ2n) is 4.01. The molecule has 0 saturated heterocycles. The van der Waals surface area contributed by atoms with Gasteiger partial charge in [0.2, 0.25) is 0 Å². The van der Waals surface area contributed by atoms with Gasteiger partial charge in [0.25, 0.3) is 10.0 Å². The van der Waals surface area contributed by atoms with Crippen molar-refractivity contribution in [3.8, 4) is 6.07 Å². The summed E-state index contributed by atoms with van der Waals surface area (Å²) in [6.45, 7) is 1.71. The molecule has 0 aliphatic heterocycles. The number of aryl methyl sites for hydroxylation is 1. The fourth-order valence-corrected chi connectivity index (χ4v) is 3.24. The number of sulfonamides is 1. The Morgan fingerprint density at radius 3 is 2.65 bits per heavy atom. The first-order valence-corrected chi connectivity index (χ1v) is 7.45. The summed E-state index contributed by atoms with van der Waals surface area (Å²) >= 11 is 5.89. The Morgan fingerprint density at radius 2 is 2.00 bits per heavy atom. The van der Waals surface area contributed by atoms with E-state index < -0.39 is 10.0 Å². The predicted molar refractivity (Wildman–Crippen MR) is 75.9 cm³/mol. The molecule has 0 fully saturated rings. The third kappa shape index (κ3) is 2.74. The predicted octanol–water partition coefficient (Wildman–Crippen LogP) is 2.72. The van der Waals surface area contributed by atoms with Crippen LogP contribution in [0.4, 0.5) is 5.69 Å². The highest BCUT2D eigenvalue weighted by molar-refractivity contribution is 7.92. The van der Waals surface area contributed by atoms with Crippen LogP contribution in [-0.4, -0.2) is 13.4 Å². The summed E-state index contributed by atoms with van der Waals surface area (Å²) in [6.07, 6.45) is 1.48. The third-order valence-corrected chi connectivity index (χ3v) is 4.34. The fourth-order valence-electron chi connectivity index (χ4n) is 1.63. The van der Waals surface area contributed by atoms with Gasteiger partial charge in [-0.05, 0) is 30.7 Å². The number of nitrogens with one attached hydrogen (secondary N) is 1. The van der Waals surface area contributed by atoms with Crippen molar-refractivity contribution in [2.75, 3.05) is 4.72 Å². The Bertz CT molecular complexity index is 777. The van der Waals surface area contributed by atoms with Crippen LogP contribution < -0.4 is 4.72 Å². The summed E-state index contributed by atoms with van der Waals surface area (Å²) < 4.78 is 27.0. The molecule has 1 aromatic carbocycles. The standard InChI is InChI=1S/C13H10ClN3O2S/c1-9-6-7-16-13(14)12(9)17-20(18,19)11-5-3-2-4-10(11)8-15/h2-7,17H,1H3. The quantitative estimate of drug-likeness (QED) is 0.884. The van der Waals surface area contributed by atoms with Crippen molar-refractivity contribution in [2.24, 2.45) is 0 Å². The molecule has 0 saturated carbocycles. The highest BCUT2D eigenvalue weighted by Crippen LogP contribution is 2.26. The van der Waals surface area contributed by atoms with E-state index in [-0.39, 0.29) is 21.3 Å². The second kappa shape index (κ2) is 5.49. The van der Waals surface area contributed by atoms with Crippen molar-refractivity contribution in [3.05, 3.63) is 52.8 Å². The van der Waals surface area contributed by atoms with Crippen LogP contribution in [-0.2, 0) is 10.0 Å².